The lowest BCUT2D eigenvalue weighted by atomic mass is 10.1. The Bertz CT molecular complexity index is 323. The molecule has 0 aromatic heterocycles. The summed E-state index contributed by atoms with van der Waals surface area (Å²) in [6.45, 7) is 0. The number of anilines is 1. The molecule has 2 amide bonds. The van der Waals surface area contributed by atoms with Crippen molar-refractivity contribution in [3.63, 3.8) is 0 Å². The molecule has 0 saturated heterocycles. The van der Waals surface area contributed by atoms with Crippen LogP contribution in [0.3, 0.4) is 0 Å². The first-order valence-electron chi connectivity index (χ1n) is 3.81. The first kappa shape index (κ1) is 9.25. The van der Waals surface area contributed by atoms with Gasteiger partial charge in [0, 0.05) is 7.05 Å². The molecule has 0 fully saturated rings. The lowest BCUT2D eigenvalue weighted by molar-refractivity contribution is -0.105. The molecule has 0 aliphatic carbocycles. The van der Waals surface area contributed by atoms with Gasteiger partial charge >= 0.3 is 0 Å². The van der Waals surface area contributed by atoms with Gasteiger partial charge in [-0.1, -0.05) is 12.1 Å². The Kier molecular flexibility index (Phi) is 3.03. The molecule has 1 aromatic rings. The summed E-state index contributed by atoms with van der Waals surface area (Å²) < 4.78 is 0. The molecule has 0 bridgehead atoms. The Balaban J connectivity index is 3.03. The number of hydrogen-bond acceptors (Lipinski definition) is 2. The first-order valence-corrected chi connectivity index (χ1v) is 3.81. The van der Waals surface area contributed by atoms with Crippen LogP contribution in [0, 0.1) is 0 Å². The zero-order valence-electron chi connectivity index (χ0n) is 7.20. The predicted octanol–water partition coefficient (Wildman–Crippen LogP) is 0.614. The zero-order chi connectivity index (χ0) is 9.68. The molecule has 0 atom stereocenters. The third-order valence-corrected chi connectivity index (χ3v) is 1.61. The van der Waals surface area contributed by atoms with E-state index in [1.165, 1.54) is 0 Å². The number of amides is 2. The lowest BCUT2D eigenvalue weighted by Crippen LogP contribution is -2.19. The molecule has 2 N–H and O–H groups in total. The van der Waals surface area contributed by atoms with Crippen LogP contribution < -0.4 is 10.6 Å². The van der Waals surface area contributed by atoms with Crippen LogP contribution in [-0.4, -0.2) is 19.4 Å². The normalized spacial score (nSPS) is 9.00. The molecule has 0 unspecified atom stereocenters. The standard InChI is InChI=1S/C9H10N2O2/c1-10-9(13)7-4-2-3-5-8(7)11-6-12/h2-6H,1H3,(H,10,13)(H,11,12). The molecule has 4 nitrogen and oxygen atoms in total. The number of rotatable bonds is 3. The summed E-state index contributed by atoms with van der Waals surface area (Å²) in [5.74, 6) is -0.218. The van der Waals surface area contributed by atoms with Crippen LogP contribution in [0.5, 0.6) is 0 Å². The number of hydrogen-bond donors (Lipinski definition) is 2. The summed E-state index contributed by atoms with van der Waals surface area (Å²) in [6, 6.07) is 6.79. The fourth-order valence-electron chi connectivity index (χ4n) is 1.01. The maximum Gasteiger partial charge on any atom is 0.253 e. The van der Waals surface area contributed by atoms with Crippen molar-refractivity contribution in [1.29, 1.82) is 0 Å². The molecule has 0 aliphatic rings. The molecular weight excluding hydrogens is 168 g/mol. The van der Waals surface area contributed by atoms with E-state index in [1.807, 2.05) is 0 Å². The summed E-state index contributed by atoms with van der Waals surface area (Å²) in [4.78, 5) is 21.4. The highest BCUT2D eigenvalue weighted by Gasteiger charge is 2.07. The molecule has 4 heteroatoms. The Morgan fingerprint density at radius 3 is 2.69 bits per heavy atom. The Labute approximate surface area is 75.9 Å². The molecular formula is C9H10N2O2. The number of carbonyl (C=O) groups is 2. The second-order valence-corrected chi connectivity index (χ2v) is 2.39. The minimum absolute atomic E-state index is 0.218. The van der Waals surface area contributed by atoms with Gasteiger partial charge in [-0.2, -0.15) is 0 Å². The van der Waals surface area contributed by atoms with Crippen LogP contribution in [0.1, 0.15) is 10.4 Å². The Morgan fingerprint density at radius 1 is 1.38 bits per heavy atom. The van der Waals surface area contributed by atoms with Gasteiger partial charge in [0.1, 0.15) is 0 Å². The third-order valence-electron chi connectivity index (χ3n) is 1.61. The van der Waals surface area contributed by atoms with Crippen molar-refractivity contribution in [1.82, 2.24) is 5.32 Å². The van der Waals surface area contributed by atoms with E-state index >= 15 is 0 Å². The SMILES string of the molecule is CNC(=O)c1ccccc1NC=O. The van der Waals surface area contributed by atoms with Crippen LogP contribution in [0.15, 0.2) is 24.3 Å². The van der Waals surface area contributed by atoms with Gasteiger partial charge in [-0.05, 0) is 12.1 Å². The summed E-state index contributed by atoms with van der Waals surface area (Å²) in [7, 11) is 1.54. The maximum atomic E-state index is 11.2. The number of para-hydroxylation sites is 1. The first-order chi connectivity index (χ1) is 6.29. The van der Waals surface area contributed by atoms with E-state index in [2.05, 4.69) is 10.6 Å². The molecule has 68 valence electrons. The van der Waals surface area contributed by atoms with Gasteiger partial charge in [0.2, 0.25) is 6.41 Å². The van der Waals surface area contributed by atoms with Gasteiger partial charge in [-0.25, -0.2) is 0 Å². The third kappa shape index (κ3) is 2.05. The smallest absolute Gasteiger partial charge is 0.253 e. The zero-order valence-corrected chi connectivity index (χ0v) is 7.20. The topological polar surface area (TPSA) is 58.2 Å². The summed E-state index contributed by atoms with van der Waals surface area (Å²) in [5.41, 5.74) is 0.967. The van der Waals surface area contributed by atoms with Gasteiger partial charge in [0.25, 0.3) is 5.91 Å². The van der Waals surface area contributed by atoms with E-state index in [0.29, 0.717) is 17.7 Å². The van der Waals surface area contributed by atoms with Crippen LogP contribution >= 0.6 is 0 Å². The minimum Gasteiger partial charge on any atom is -0.355 e. The van der Waals surface area contributed by atoms with Gasteiger partial charge in [-0.15, -0.1) is 0 Å². The average molecular weight is 178 g/mol. The van der Waals surface area contributed by atoms with E-state index in [0.717, 1.165) is 0 Å². The van der Waals surface area contributed by atoms with E-state index in [-0.39, 0.29) is 5.91 Å². The van der Waals surface area contributed by atoms with Crippen molar-refractivity contribution in [2.75, 3.05) is 12.4 Å². The van der Waals surface area contributed by atoms with E-state index in [1.54, 1.807) is 31.3 Å². The highest BCUT2D eigenvalue weighted by molar-refractivity contribution is 6.01. The van der Waals surface area contributed by atoms with Crippen LogP contribution in [0.2, 0.25) is 0 Å². The van der Waals surface area contributed by atoms with E-state index in [4.69, 9.17) is 0 Å². The Hall–Kier alpha value is -1.84. The van der Waals surface area contributed by atoms with Gasteiger partial charge in [0.05, 0.1) is 11.3 Å². The van der Waals surface area contributed by atoms with Crippen LogP contribution in [0.25, 0.3) is 0 Å². The van der Waals surface area contributed by atoms with Crippen molar-refractivity contribution in [2.45, 2.75) is 0 Å². The second-order valence-electron chi connectivity index (χ2n) is 2.39. The van der Waals surface area contributed by atoms with Crippen molar-refractivity contribution >= 4 is 18.0 Å². The van der Waals surface area contributed by atoms with Crippen molar-refractivity contribution in [3.8, 4) is 0 Å². The second kappa shape index (κ2) is 4.25. The molecule has 0 heterocycles. The molecule has 0 aliphatic heterocycles. The maximum absolute atomic E-state index is 11.2. The summed E-state index contributed by atoms with van der Waals surface area (Å²) in [5, 5.41) is 4.94. The fraction of sp³-hybridized carbons (Fsp3) is 0.111. The van der Waals surface area contributed by atoms with Crippen molar-refractivity contribution in [3.05, 3.63) is 29.8 Å². The van der Waals surface area contributed by atoms with Gasteiger partial charge in [-0.3, -0.25) is 9.59 Å². The molecule has 1 aromatic carbocycles. The monoisotopic (exact) mass is 178 g/mol. The molecule has 0 spiro atoms. The van der Waals surface area contributed by atoms with Crippen molar-refractivity contribution in [2.24, 2.45) is 0 Å². The number of nitrogens with one attached hydrogen (secondary N) is 2. The van der Waals surface area contributed by atoms with Crippen LogP contribution in [-0.2, 0) is 4.79 Å². The lowest BCUT2D eigenvalue weighted by Gasteiger charge is -2.05. The largest absolute Gasteiger partial charge is 0.355 e. The summed E-state index contributed by atoms with van der Waals surface area (Å²) >= 11 is 0. The predicted molar refractivity (Wildman–Crippen MR) is 49.5 cm³/mol. The molecule has 1 rings (SSSR count). The number of carbonyl (C=O) groups excluding carboxylic acids is 2. The highest BCUT2D eigenvalue weighted by Crippen LogP contribution is 2.13. The molecule has 0 saturated carbocycles. The van der Waals surface area contributed by atoms with Crippen LogP contribution in [0.4, 0.5) is 5.69 Å². The minimum atomic E-state index is -0.218. The average Bonchev–Trinajstić information content (AvgIpc) is 2.18. The van der Waals surface area contributed by atoms with Crippen molar-refractivity contribution < 1.29 is 9.59 Å². The highest BCUT2D eigenvalue weighted by atomic mass is 16.1. The van der Waals surface area contributed by atoms with E-state index in [9.17, 15) is 9.59 Å². The quantitative estimate of drug-likeness (QED) is 0.666. The van der Waals surface area contributed by atoms with Gasteiger partial charge < -0.3 is 10.6 Å². The number of benzene rings is 1. The molecule has 13 heavy (non-hydrogen) atoms. The van der Waals surface area contributed by atoms with Gasteiger partial charge in [0.15, 0.2) is 0 Å². The van der Waals surface area contributed by atoms with E-state index < -0.39 is 0 Å². The summed E-state index contributed by atoms with van der Waals surface area (Å²) in [6.07, 6.45) is 0.543. The fourth-order valence-corrected chi connectivity index (χ4v) is 1.01. The molecule has 0 radical (unpaired) electrons. The Morgan fingerprint density at radius 2 is 2.08 bits per heavy atom.